The fourth-order valence-corrected chi connectivity index (χ4v) is 4.36. The van der Waals surface area contributed by atoms with Gasteiger partial charge in [0.1, 0.15) is 0 Å². The van der Waals surface area contributed by atoms with E-state index in [4.69, 9.17) is 16.7 Å². The van der Waals surface area contributed by atoms with Crippen molar-refractivity contribution in [3.05, 3.63) is 82.9 Å². The lowest BCUT2D eigenvalue weighted by Gasteiger charge is -2.22. The van der Waals surface area contributed by atoms with Crippen molar-refractivity contribution < 1.29 is 14.7 Å². The van der Waals surface area contributed by atoms with Gasteiger partial charge in [0.05, 0.1) is 12.8 Å². The number of benzene rings is 3. The van der Waals surface area contributed by atoms with Crippen LogP contribution < -0.4 is 0 Å². The summed E-state index contributed by atoms with van der Waals surface area (Å²) in [7, 11) is 2.03. The molecule has 0 aliphatic carbocycles. The smallest absolute Gasteiger partial charge is 0.305 e. The number of aromatic nitrogens is 1. The van der Waals surface area contributed by atoms with E-state index in [-0.39, 0.29) is 25.3 Å². The van der Waals surface area contributed by atoms with Crippen LogP contribution >= 0.6 is 11.6 Å². The van der Waals surface area contributed by atoms with Crippen LogP contribution in [0.1, 0.15) is 17.5 Å². The number of nitrogens with zero attached hydrogens (tertiary/aromatic N) is 2. The van der Waals surface area contributed by atoms with Crippen LogP contribution in [-0.4, -0.2) is 39.5 Å². The molecular formula is C26H25ClN2O3. The summed E-state index contributed by atoms with van der Waals surface area (Å²) in [6.07, 6.45) is 0.768. The van der Waals surface area contributed by atoms with Gasteiger partial charge < -0.3 is 14.6 Å². The van der Waals surface area contributed by atoms with Gasteiger partial charge in [0.15, 0.2) is 0 Å². The molecular weight excluding hydrogens is 424 g/mol. The largest absolute Gasteiger partial charge is 0.481 e. The minimum absolute atomic E-state index is 0.0774. The molecule has 0 bridgehead atoms. The van der Waals surface area contributed by atoms with Crippen molar-refractivity contribution in [2.24, 2.45) is 7.05 Å². The number of carboxylic acid groups (broad SMARTS) is 1. The quantitative estimate of drug-likeness (QED) is 0.409. The number of aliphatic carboxylic acids is 1. The van der Waals surface area contributed by atoms with E-state index >= 15 is 0 Å². The van der Waals surface area contributed by atoms with Crippen LogP contribution in [-0.2, 0) is 29.5 Å². The Morgan fingerprint density at radius 2 is 1.69 bits per heavy atom. The lowest BCUT2D eigenvalue weighted by atomic mass is 10.1. The molecule has 32 heavy (non-hydrogen) atoms. The van der Waals surface area contributed by atoms with Crippen molar-refractivity contribution in [3.8, 4) is 0 Å². The Hall–Kier alpha value is -3.31. The Bertz CT molecular complexity index is 1290. The van der Waals surface area contributed by atoms with E-state index < -0.39 is 5.97 Å². The Labute approximate surface area is 191 Å². The molecule has 6 heteroatoms. The van der Waals surface area contributed by atoms with E-state index in [1.165, 1.54) is 5.39 Å². The molecule has 0 saturated heterocycles. The van der Waals surface area contributed by atoms with Gasteiger partial charge in [0.2, 0.25) is 5.91 Å². The number of fused-ring (bicyclic) bond motifs is 3. The summed E-state index contributed by atoms with van der Waals surface area (Å²) in [5.41, 5.74) is 4.15. The number of carbonyl (C=O) groups is 2. The van der Waals surface area contributed by atoms with E-state index in [1.54, 1.807) is 4.90 Å². The highest BCUT2D eigenvalue weighted by Crippen LogP contribution is 2.28. The highest BCUT2D eigenvalue weighted by atomic mass is 35.5. The molecule has 4 rings (SSSR count). The molecule has 3 aromatic carbocycles. The second-order valence-electron chi connectivity index (χ2n) is 8.01. The highest BCUT2D eigenvalue weighted by Gasteiger charge is 2.17. The lowest BCUT2D eigenvalue weighted by Crippen LogP contribution is -2.35. The van der Waals surface area contributed by atoms with Gasteiger partial charge in [-0.1, -0.05) is 54.1 Å². The number of rotatable bonds is 8. The van der Waals surface area contributed by atoms with E-state index in [1.807, 2.05) is 49.5 Å². The predicted octanol–water partition coefficient (Wildman–Crippen LogP) is 5.07. The first-order valence-electron chi connectivity index (χ1n) is 10.6. The summed E-state index contributed by atoms with van der Waals surface area (Å²) in [4.78, 5) is 25.9. The van der Waals surface area contributed by atoms with Crippen molar-refractivity contribution in [3.63, 3.8) is 0 Å². The molecule has 0 unspecified atom stereocenters. The zero-order valence-electron chi connectivity index (χ0n) is 17.9. The van der Waals surface area contributed by atoms with Crippen molar-refractivity contribution in [1.82, 2.24) is 9.47 Å². The van der Waals surface area contributed by atoms with Crippen molar-refractivity contribution in [2.75, 3.05) is 13.1 Å². The van der Waals surface area contributed by atoms with E-state index in [9.17, 15) is 9.59 Å². The molecule has 0 spiro atoms. The third-order valence-electron chi connectivity index (χ3n) is 5.84. The van der Waals surface area contributed by atoms with Gasteiger partial charge in [0.25, 0.3) is 0 Å². The normalized spacial score (nSPS) is 11.2. The van der Waals surface area contributed by atoms with Crippen LogP contribution in [0.4, 0.5) is 0 Å². The van der Waals surface area contributed by atoms with E-state index in [0.29, 0.717) is 18.0 Å². The molecule has 0 atom stereocenters. The first-order valence-corrected chi connectivity index (χ1v) is 11.0. The number of carbonyl (C=O) groups excluding carboxylic acids is 1. The summed E-state index contributed by atoms with van der Waals surface area (Å²) in [5.74, 6) is -0.992. The molecule has 0 fully saturated rings. The third kappa shape index (κ3) is 4.78. The summed E-state index contributed by atoms with van der Waals surface area (Å²) >= 11 is 6.06. The molecule has 1 heterocycles. The van der Waals surface area contributed by atoms with Gasteiger partial charge in [-0.3, -0.25) is 9.59 Å². The molecule has 0 saturated carbocycles. The van der Waals surface area contributed by atoms with E-state index in [0.717, 1.165) is 27.5 Å². The first kappa shape index (κ1) is 21.9. The fraction of sp³-hybridized carbons (Fsp3) is 0.231. The zero-order valence-corrected chi connectivity index (χ0v) is 18.7. The Morgan fingerprint density at radius 3 is 2.47 bits per heavy atom. The van der Waals surface area contributed by atoms with Crippen LogP contribution in [0.15, 0.2) is 66.7 Å². The van der Waals surface area contributed by atoms with Crippen LogP contribution in [0.5, 0.6) is 0 Å². The van der Waals surface area contributed by atoms with Crippen molar-refractivity contribution in [1.29, 1.82) is 0 Å². The number of para-hydroxylation sites is 1. The summed E-state index contributed by atoms with van der Waals surface area (Å²) < 4.78 is 2.14. The summed E-state index contributed by atoms with van der Waals surface area (Å²) in [6.45, 7) is 0.633. The van der Waals surface area contributed by atoms with E-state index in [2.05, 4.69) is 28.8 Å². The third-order valence-corrected chi connectivity index (χ3v) is 6.08. The average Bonchev–Trinajstić information content (AvgIpc) is 3.05. The number of carboxylic acids is 1. The number of amides is 1. The maximum Gasteiger partial charge on any atom is 0.305 e. The number of aryl methyl sites for hydroxylation is 1. The molecule has 5 nitrogen and oxygen atoms in total. The van der Waals surface area contributed by atoms with Gasteiger partial charge in [-0.15, -0.1) is 0 Å². The molecule has 4 aromatic rings. The minimum Gasteiger partial charge on any atom is -0.481 e. The molecule has 0 aliphatic heterocycles. The highest BCUT2D eigenvalue weighted by molar-refractivity contribution is 6.30. The molecule has 0 radical (unpaired) electrons. The molecule has 164 valence electrons. The SMILES string of the molecule is Cn1c2ccccc2c2ccc(CC(=O)N(CCC(=O)O)CCc3cccc(Cl)c3)cc21. The van der Waals surface area contributed by atoms with Gasteiger partial charge in [-0.2, -0.15) is 0 Å². The first-order chi connectivity index (χ1) is 15.4. The molecule has 1 amide bonds. The minimum atomic E-state index is -0.914. The van der Waals surface area contributed by atoms with Gasteiger partial charge in [-0.25, -0.2) is 0 Å². The van der Waals surface area contributed by atoms with Crippen LogP contribution in [0.3, 0.4) is 0 Å². The lowest BCUT2D eigenvalue weighted by molar-refractivity contribution is -0.138. The molecule has 1 aromatic heterocycles. The average molecular weight is 449 g/mol. The number of halogens is 1. The maximum absolute atomic E-state index is 13.1. The Morgan fingerprint density at radius 1 is 0.906 bits per heavy atom. The topological polar surface area (TPSA) is 62.5 Å². The van der Waals surface area contributed by atoms with Crippen LogP contribution in [0.25, 0.3) is 21.8 Å². The summed E-state index contributed by atoms with van der Waals surface area (Å²) in [5, 5.41) is 12.1. The Kier molecular flexibility index (Phi) is 6.47. The maximum atomic E-state index is 13.1. The predicted molar refractivity (Wildman–Crippen MR) is 128 cm³/mol. The standard InChI is InChI=1S/C26H25ClN2O3/c1-28-23-8-3-2-7-21(23)22-10-9-19(16-24(22)28)17-25(30)29(14-12-26(31)32)13-11-18-5-4-6-20(27)15-18/h2-10,15-16H,11-14,17H2,1H3,(H,31,32). The Balaban J connectivity index is 1.53. The van der Waals surface area contributed by atoms with Crippen molar-refractivity contribution >= 4 is 45.3 Å². The van der Waals surface area contributed by atoms with Gasteiger partial charge in [-0.05, 0) is 41.8 Å². The van der Waals surface area contributed by atoms with Gasteiger partial charge in [0, 0.05) is 47.0 Å². The molecule has 1 N–H and O–H groups in total. The molecule has 0 aliphatic rings. The second-order valence-corrected chi connectivity index (χ2v) is 8.45. The monoisotopic (exact) mass is 448 g/mol. The fourth-order valence-electron chi connectivity index (χ4n) is 4.15. The summed E-state index contributed by atoms with van der Waals surface area (Å²) in [6, 6.07) is 21.9. The van der Waals surface area contributed by atoms with Crippen LogP contribution in [0, 0.1) is 0 Å². The van der Waals surface area contributed by atoms with Gasteiger partial charge >= 0.3 is 5.97 Å². The number of hydrogen-bond acceptors (Lipinski definition) is 2. The van der Waals surface area contributed by atoms with Crippen molar-refractivity contribution in [2.45, 2.75) is 19.3 Å². The second kappa shape index (κ2) is 9.45. The number of hydrogen-bond donors (Lipinski definition) is 1. The van der Waals surface area contributed by atoms with Crippen LogP contribution in [0.2, 0.25) is 5.02 Å². The zero-order chi connectivity index (χ0) is 22.7.